The van der Waals surface area contributed by atoms with E-state index < -0.39 is 5.97 Å². The molecule has 1 N–H and O–H groups in total. The van der Waals surface area contributed by atoms with Crippen LogP contribution in [-0.4, -0.2) is 21.0 Å². The number of aromatic nitrogens is 2. The lowest BCUT2D eigenvalue weighted by Gasteiger charge is -2.05. The number of hydrogen-bond donors (Lipinski definition) is 1. The first-order valence-corrected chi connectivity index (χ1v) is 5.21. The highest BCUT2D eigenvalue weighted by Crippen LogP contribution is 2.19. The third-order valence-corrected chi connectivity index (χ3v) is 2.66. The highest BCUT2D eigenvalue weighted by atomic mass is 16.4. The van der Waals surface area contributed by atoms with Crippen LogP contribution in [0.3, 0.4) is 0 Å². The first-order valence-electron chi connectivity index (χ1n) is 5.21. The molecule has 4 nitrogen and oxygen atoms in total. The smallest absolute Gasteiger partial charge is 0.356 e. The number of aromatic carboxylic acids is 1. The number of benzene rings is 1. The molecule has 0 radical (unpaired) electrons. The minimum atomic E-state index is -1.07. The van der Waals surface area contributed by atoms with Crippen molar-refractivity contribution in [1.29, 1.82) is 0 Å². The molecule has 17 heavy (non-hydrogen) atoms. The van der Waals surface area contributed by atoms with Crippen LogP contribution in [0.15, 0.2) is 30.6 Å². The molecule has 4 heteroatoms. The van der Waals surface area contributed by atoms with Crippen LogP contribution in [0.4, 0.5) is 0 Å². The summed E-state index contributed by atoms with van der Waals surface area (Å²) in [4.78, 5) is 18.7. The van der Waals surface area contributed by atoms with E-state index in [0.29, 0.717) is 5.69 Å². The van der Waals surface area contributed by atoms with E-state index in [2.05, 4.69) is 9.97 Å². The molecule has 0 spiro atoms. The van der Waals surface area contributed by atoms with Gasteiger partial charge in [-0.2, -0.15) is 0 Å². The van der Waals surface area contributed by atoms with Gasteiger partial charge >= 0.3 is 5.97 Å². The van der Waals surface area contributed by atoms with Gasteiger partial charge in [0.25, 0.3) is 0 Å². The molecule has 1 aromatic heterocycles. The molecule has 1 heterocycles. The molecule has 0 unspecified atom stereocenters. The van der Waals surface area contributed by atoms with Crippen LogP contribution in [0.5, 0.6) is 0 Å². The lowest BCUT2D eigenvalue weighted by molar-refractivity contribution is 0.0690. The monoisotopic (exact) mass is 228 g/mol. The van der Waals surface area contributed by atoms with E-state index in [1.54, 1.807) is 6.20 Å². The molecule has 0 aliphatic carbocycles. The number of carbonyl (C=O) groups is 1. The quantitative estimate of drug-likeness (QED) is 0.857. The summed E-state index contributed by atoms with van der Waals surface area (Å²) in [6.07, 6.45) is 2.81. The van der Waals surface area contributed by atoms with E-state index in [-0.39, 0.29) is 5.69 Å². The zero-order valence-corrected chi connectivity index (χ0v) is 9.64. The van der Waals surface area contributed by atoms with Crippen molar-refractivity contribution in [2.75, 3.05) is 0 Å². The zero-order valence-electron chi connectivity index (χ0n) is 9.64. The third-order valence-electron chi connectivity index (χ3n) is 2.66. The lowest BCUT2D eigenvalue weighted by atomic mass is 10.0. The summed E-state index contributed by atoms with van der Waals surface area (Å²) in [6.45, 7) is 4.03. The fourth-order valence-corrected chi connectivity index (χ4v) is 1.51. The Morgan fingerprint density at radius 2 is 1.94 bits per heavy atom. The predicted molar refractivity (Wildman–Crippen MR) is 63.9 cm³/mol. The van der Waals surface area contributed by atoms with Crippen molar-refractivity contribution in [3.8, 4) is 11.3 Å². The Morgan fingerprint density at radius 1 is 1.18 bits per heavy atom. The summed E-state index contributed by atoms with van der Waals surface area (Å²) < 4.78 is 0. The summed E-state index contributed by atoms with van der Waals surface area (Å²) >= 11 is 0. The molecule has 0 amide bonds. The average molecular weight is 228 g/mol. The molecule has 2 rings (SSSR count). The van der Waals surface area contributed by atoms with Crippen LogP contribution < -0.4 is 0 Å². The van der Waals surface area contributed by atoms with E-state index in [0.717, 1.165) is 11.1 Å². The molecule has 1 aromatic carbocycles. The van der Waals surface area contributed by atoms with Crippen molar-refractivity contribution in [2.45, 2.75) is 13.8 Å². The number of rotatable bonds is 2. The van der Waals surface area contributed by atoms with Crippen molar-refractivity contribution in [2.24, 2.45) is 0 Å². The zero-order chi connectivity index (χ0) is 12.4. The summed E-state index contributed by atoms with van der Waals surface area (Å²) in [5, 5.41) is 8.85. The third kappa shape index (κ3) is 2.30. The largest absolute Gasteiger partial charge is 0.476 e. The number of carboxylic acids is 1. The number of aryl methyl sites for hydroxylation is 2. The maximum Gasteiger partial charge on any atom is 0.356 e. The first kappa shape index (κ1) is 11.3. The van der Waals surface area contributed by atoms with Crippen molar-refractivity contribution >= 4 is 5.97 Å². The Labute approximate surface area is 99.0 Å². The predicted octanol–water partition coefficient (Wildman–Crippen LogP) is 2.46. The Hall–Kier alpha value is -2.23. The van der Waals surface area contributed by atoms with Crippen LogP contribution in [-0.2, 0) is 0 Å². The van der Waals surface area contributed by atoms with Crippen LogP contribution >= 0.6 is 0 Å². The van der Waals surface area contributed by atoms with E-state index in [1.807, 2.05) is 32.0 Å². The molecular weight excluding hydrogens is 216 g/mol. The topological polar surface area (TPSA) is 63.1 Å². The van der Waals surface area contributed by atoms with Gasteiger partial charge in [0.1, 0.15) is 0 Å². The standard InChI is InChI=1S/C13H12N2O2/c1-8-3-4-10(5-9(8)2)11-6-14-7-12(15-11)13(16)17/h3-7H,1-2H3,(H,16,17). The van der Waals surface area contributed by atoms with E-state index >= 15 is 0 Å². The molecule has 0 bridgehead atoms. The van der Waals surface area contributed by atoms with Crippen molar-refractivity contribution in [3.05, 3.63) is 47.4 Å². The molecule has 0 aliphatic heterocycles. The van der Waals surface area contributed by atoms with Gasteiger partial charge in [0, 0.05) is 5.56 Å². The van der Waals surface area contributed by atoms with E-state index in [4.69, 9.17) is 5.11 Å². The van der Waals surface area contributed by atoms with Crippen LogP contribution in [0.25, 0.3) is 11.3 Å². The molecular formula is C13H12N2O2. The van der Waals surface area contributed by atoms with Crippen LogP contribution in [0.1, 0.15) is 21.6 Å². The van der Waals surface area contributed by atoms with Crippen molar-refractivity contribution in [1.82, 2.24) is 9.97 Å². The lowest BCUT2D eigenvalue weighted by Crippen LogP contribution is -2.02. The Morgan fingerprint density at radius 3 is 2.59 bits per heavy atom. The summed E-state index contributed by atoms with van der Waals surface area (Å²) in [5.74, 6) is -1.07. The number of nitrogens with zero attached hydrogens (tertiary/aromatic N) is 2. The van der Waals surface area contributed by atoms with E-state index in [9.17, 15) is 4.79 Å². The fraction of sp³-hybridized carbons (Fsp3) is 0.154. The van der Waals surface area contributed by atoms with Crippen molar-refractivity contribution in [3.63, 3.8) is 0 Å². The van der Waals surface area contributed by atoms with Gasteiger partial charge in [-0.1, -0.05) is 12.1 Å². The van der Waals surface area contributed by atoms with Gasteiger partial charge in [0.05, 0.1) is 18.1 Å². The maximum atomic E-state index is 10.8. The normalized spacial score (nSPS) is 10.2. The summed E-state index contributed by atoms with van der Waals surface area (Å²) in [7, 11) is 0. The first-order chi connectivity index (χ1) is 8.08. The van der Waals surface area contributed by atoms with Gasteiger partial charge in [0.15, 0.2) is 5.69 Å². The van der Waals surface area contributed by atoms with Gasteiger partial charge < -0.3 is 5.11 Å². The highest BCUT2D eigenvalue weighted by Gasteiger charge is 2.08. The Kier molecular flexibility index (Phi) is 2.87. The van der Waals surface area contributed by atoms with Crippen LogP contribution in [0, 0.1) is 13.8 Å². The molecule has 86 valence electrons. The van der Waals surface area contributed by atoms with E-state index in [1.165, 1.54) is 11.8 Å². The van der Waals surface area contributed by atoms with Gasteiger partial charge in [-0.25, -0.2) is 9.78 Å². The molecule has 0 atom stereocenters. The Bertz CT molecular complexity index is 579. The molecule has 0 fully saturated rings. The summed E-state index contributed by atoms with van der Waals surface area (Å²) in [5.41, 5.74) is 3.75. The second-order valence-corrected chi connectivity index (χ2v) is 3.89. The molecule has 0 saturated carbocycles. The number of carboxylic acid groups (broad SMARTS) is 1. The van der Waals surface area contributed by atoms with Gasteiger partial charge in [0.2, 0.25) is 0 Å². The summed E-state index contributed by atoms with van der Waals surface area (Å²) in [6, 6.07) is 5.88. The van der Waals surface area contributed by atoms with Gasteiger partial charge in [-0.05, 0) is 31.0 Å². The van der Waals surface area contributed by atoms with Crippen molar-refractivity contribution < 1.29 is 9.90 Å². The SMILES string of the molecule is Cc1ccc(-c2cncc(C(=O)O)n2)cc1C. The number of hydrogen-bond acceptors (Lipinski definition) is 3. The van der Waals surface area contributed by atoms with Gasteiger partial charge in [-0.3, -0.25) is 4.98 Å². The Balaban J connectivity index is 2.49. The fourth-order valence-electron chi connectivity index (χ4n) is 1.51. The second-order valence-electron chi connectivity index (χ2n) is 3.89. The molecule has 2 aromatic rings. The maximum absolute atomic E-state index is 10.8. The second kappa shape index (κ2) is 4.33. The minimum Gasteiger partial charge on any atom is -0.476 e. The molecule has 0 saturated heterocycles. The van der Waals surface area contributed by atoms with Gasteiger partial charge in [-0.15, -0.1) is 0 Å². The highest BCUT2D eigenvalue weighted by molar-refractivity contribution is 5.85. The minimum absolute atomic E-state index is 0.0410. The molecule has 0 aliphatic rings. The average Bonchev–Trinajstić information content (AvgIpc) is 2.33. The van der Waals surface area contributed by atoms with Crippen LogP contribution in [0.2, 0.25) is 0 Å².